The molecule has 2 unspecified atom stereocenters. The van der Waals surface area contributed by atoms with Crippen LogP contribution < -0.4 is 16.0 Å². The lowest BCUT2D eigenvalue weighted by Crippen LogP contribution is -2.46. The van der Waals surface area contributed by atoms with E-state index >= 15 is 0 Å². The second-order valence-corrected chi connectivity index (χ2v) is 8.60. The molecule has 10 heteroatoms. The van der Waals surface area contributed by atoms with Crippen molar-refractivity contribution in [2.24, 2.45) is 0 Å². The minimum Gasteiger partial charge on any atom is -0.347 e. The molecule has 2 rings (SSSR count). The molecule has 1 aromatic carbocycles. The van der Waals surface area contributed by atoms with Crippen molar-refractivity contribution in [2.45, 2.75) is 50.8 Å². The Bertz CT molecular complexity index is 858. The van der Waals surface area contributed by atoms with Crippen molar-refractivity contribution in [3.8, 4) is 0 Å². The Morgan fingerprint density at radius 1 is 1.16 bits per heavy atom. The topological polar surface area (TPSA) is 125 Å². The molecule has 1 saturated heterocycles. The molecule has 32 heavy (non-hydrogen) atoms. The molecular weight excluding hydrogens is 432 g/mol. The number of hydrogen-bond acceptors (Lipinski definition) is 6. The van der Waals surface area contributed by atoms with Gasteiger partial charge in [-0.2, -0.15) is 11.8 Å². The number of hydrogen-bond donors (Lipinski definition) is 3. The molecular formula is C22H30N4O5S. The Morgan fingerprint density at radius 2 is 1.84 bits per heavy atom. The molecule has 1 aromatic rings. The van der Waals surface area contributed by atoms with Crippen LogP contribution in [0.25, 0.3) is 0 Å². The highest BCUT2D eigenvalue weighted by molar-refractivity contribution is 8.00. The molecule has 0 aliphatic carbocycles. The van der Waals surface area contributed by atoms with Gasteiger partial charge < -0.3 is 16.0 Å². The Balaban J connectivity index is 1.70. The summed E-state index contributed by atoms with van der Waals surface area (Å²) in [6.45, 7) is 3.32. The van der Waals surface area contributed by atoms with Crippen LogP contribution in [0.15, 0.2) is 24.3 Å². The summed E-state index contributed by atoms with van der Waals surface area (Å²) in [6.07, 6.45) is 3.82. The number of carbonyl (C=O) groups is 5. The second kappa shape index (κ2) is 12.2. The molecule has 3 N–H and O–H groups in total. The fourth-order valence-corrected chi connectivity index (χ4v) is 3.84. The van der Waals surface area contributed by atoms with Crippen LogP contribution in [-0.2, 0) is 30.4 Å². The van der Waals surface area contributed by atoms with Gasteiger partial charge in [0.15, 0.2) is 0 Å². The van der Waals surface area contributed by atoms with Crippen molar-refractivity contribution in [1.82, 2.24) is 15.5 Å². The summed E-state index contributed by atoms with van der Waals surface area (Å²) in [5.41, 5.74) is 1.82. The highest BCUT2D eigenvalue weighted by Gasteiger charge is 2.37. The van der Waals surface area contributed by atoms with Gasteiger partial charge >= 0.3 is 0 Å². The summed E-state index contributed by atoms with van der Waals surface area (Å²) in [4.78, 5) is 61.3. The number of amides is 5. The number of nitrogens with one attached hydrogen (secondary N) is 3. The number of likely N-dealkylation sites (tertiary alicyclic amines) is 1. The van der Waals surface area contributed by atoms with Crippen LogP contribution in [0.1, 0.15) is 38.7 Å². The third-order valence-electron chi connectivity index (χ3n) is 5.03. The molecule has 0 saturated carbocycles. The lowest BCUT2D eigenvalue weighted by molar-refractivity contribution is -0.138. The molecule has 0 radical (unpaired) electrons. The predicted molar refractivity (Wildman–Crippen MR) is 123 cm³/mol. The van der Waals surface area contributed by atoms with Crippen LogP contribution in [-0.4, -0.2) is 65.1 Å². The van der Waals surface area contributed by atoms with Crippen molar-refractivity contribution in [3.05, 3.63) is 29.8 Å². The molecule has 2 atom stereocenters. The van der Waals surface area contributed by atoms with E-state index in [1.807, 2.05) is 24.3 Å². The highest BCUT2D eigenvalue weighted by Crippen LogP contribution is 2.23. The Kier molecular flexibility index (Phi) is 9.70. The molecule has 0 spiro atoms. The van der Waals surface area contributed by atoms with Gasteiger partial charge in [0, 0.05) is 25.1 Å². The fourth-order valence-electron chi connectivity index (χ4n) is 3.20. The third kappa shape index (κ3) is 7.37. The van der Waals surface area contributed by atoms with Gasteiger partial charge in [-0.15, -0.1) is 0 Å². The normalized spacial score (nSPS) is 16.6. The molecule has 5 amide bonds. The first kappa shape index (κ1) is 25.4. The van der Waals surface area contributed by atoms with E-state index in [2.05, 4.69) is 22.9 Å². The summed E-state index contributed by atoms with van der Waals surface area (Å²) in [5, 5.41) is 7.31. The summed E-state index contributed by atoms with van der Waals surface area (Å²) >= 11 is 1.31. The van der Waals surface area contributed by atoms with E-state index in [0.717, 1.165) is 17.7 Å². The zero-order chi connectivity index (χ0) is 23.7. The van der Waals surface area contributed by atoms with E-state index in [1.165, 1.54) is 17.3 Å². The lowest BCUT2D eigenvalue weighted by atomic mass is 10.1. The van der Waals surface area contributed by atoms with Crippen molar-refractivity contribution >= 4 is 47.0 Å². The quantitative estimate of drug-likeness (QED) is 0.423. The molecule has 9 nitrogen and oxygen atoms in total. The molecule has 0 aromatic heterocycles. The van der Waals surface area contributed by atoms with Crippen molar-refractivity contribution < 1.29 is 24.0 Å². The van der Waals surface area contributed by atoms with Crippen molar-refractivity contribution in [2.75, 3.05) is 24.7 Å². The number of thioether (sulfide) groups is 1. The van der Waals surface area contributed by atoms with Gasteiger partial charge in [-0.25, -0.2) is 0 Å². The van der Waals surface area contributed by atoms with Gasteiger partial charge in [-0.3, -0.25) is 28.9 Å². The van der Waals surface area contributed by atoms with E-state index in [0.29, 0.717) is 5.69 Å². The summed E-state index contributed by atoms with van der Waals surface area (Å²) < 4.78 is 0. The maximum Gasteiger partial charge on any atom is 0.246 e. The van der Waals surface area contributed by atoms with E-state index in [1.54, 1.807) is 13.2 Å². The number of anilines is 1. The first-order valence-electron chi connectivity index (χ1n) is 10.6. The molecule has 1 aliphatic heterocycles. The predicted octanol–water partition coefficient (Wildman–Crippen LogP) is 1.08. The van der Waals surface area contributed by atoms with Crippen LogP contribution in [0, 0.1) is 0 Å². The largest absolute Gasteiger partial charge is 0.347 e. The number of aryl methyl sites for hydroxylation is 1. The van der Waals surface area contributed by atoms with Crippen molar-refractivity contribution in [1.29, 1.82) is 0 Å². The smallest absolute Gasteiger partial charge is 0.246 e. The number of rotatable bonds is 11. The Labute approximate surface area is 192 Å². The summed E-state index contributed by atoms with van der Waals surface area (Å²) in [5.74, 6) is -1.93. The Hall–Kier alpha value is -2.88. The van der Waals surface area contributed by atoms with Crippen LogP contribution in [0.5, 0.6) is 0 Å². The Morgan fingerprint density at radius 3 is 2.44 bits per heavy atom. The minimum absolute atomic E-state index is 0.0158. The minimum atomic E-state index is -0.793. The van der Waals surface area contributed by atoms with Gasteiger partial charge in [0.2, 0.25) is 29.5 Å². The number of carbonyl (C=O) groups excluding carboxylic acids is 5. The van der Waals surface area contributed by atoms with Crippen LogP contribution >= 0.6 is 11.8 Å². The molecule has 1 fully saturated rings. The number of benzene rings is 1. The highest BCUT2D eigenvalue weighted by atomic mass is 32.2. The monoisotopic (exact) mass is 462 g/mol. The maximum absolute atomic E-state index is 12.3. The summed E-state index contributed by atoms with van der Waals surface area (Å²) in [6, 6.07) is 6.73. The van der Waals surface area contributed by atoms with E-state index < -0.39 is 23.1 Å². The van der Waals surface area contributed by atoms with Gasteiger partial charge in [0.05, 0.1) is 11.8 Å². The first-order valence-corrected chi connectivity index (χ1v) is 11.9. The average Bonchev–Trinajstić information content (AvgIpc) is 3.04. The molecule has 0 bridgehead atoms. The first-order chi connectivity index (χ1) is 15.2. The van der Waals surface area contributed by atoms with Crippen LogP contribution in [0.2, 0.25) is 0 Å². The molecule has 1 aliphatic rings. The fraction of sp³-hybridized carbons (Fsp3) is 0.500. The average molecular weight is 463 g/mol. The van der Waals surface area contributed by atoms with Crippen LogP contribution in [0.4, 0.5) is 5.69 Å². The SMILES string of the molecule is CCCc1ccc(NC(=O)C(C)NC(=O)CNC(=O)CCN2C(=O)CC(SC)C2=O)cc1. The van der Waals surface area contributed by atoms with Gasteiger partial charge in [0.1, 0.15) is 6.04 Å². The molecule has 1 heterocycles. The van der Waals surface area contributed by atoms with Gasteiger partial charge in [-0.1, -0.05) is 25.5 Å². The summed E-state index contributed by atoms with van der Waals surface area (Å²) in [7, 11) is 0. The maximum atomic E-state index is 12.3. The van der Waals surface area contributed by atoms with Gasteiger partial charge in [-0.05, 0) is 37.3 Å². The lowest BCUT2D eigenvalue weighted by Gasteiger charge is -2.16. The second-order valence-electron chi connectivity index (χ2n) is 7.56. The van der Waals surface area contributed by atoms with E-state index in [-0.39, 0.29) is 43.7 Å². The van der Waals surface area contributed by atoms with Crippen LogP contribution in [0.3, 0.4) is 0 Å². The van der Waals surface area contributed by atoms with E-state index in [9.17, 15) is 24.0 Å². The van der Waals surface area contributed by atoms with Gasteiger partial charge in [0.25, 0.3) is 0 Å². The number of nitrogens with zero attached hydrogens (tertiary/aromatic N) is 1. The molecule has 174 valence electrons. The van der Waals surface area contributed by atoms with E-state index in [4.69, 9.17) is 0 Å². The zero-order valence-electron chi connectivity index (χ0n) is 18.6. The standard InChI is InChI=1S/C22H30N4O5S/c1-4-5-15-6-8-16(9-7-15)25-21(30)14(2)24-19(28)13-23-18(27)10-11-26-20(29)12-17(32-3)22(26)31/h6-9,14,17H,4-5,10-13H2,1-3H3,(H,23,27)(H,24,28)(H,25,30). The third-order valence-corrected chi connectivity index (χ3v) is 5.96. The number of imide groups is 1. The zero-order valence-corrected chi connectivity index (χ0v) is 19.4. The van der Waals surface area contributed by atoms with Crippen molar-refractivity contribution in [3.63, 3.8) is 0 Å².